The summed E-state index contributed by atoms with van der Waals surface area (Å²) in [6, 6.07) is 19.8. The van der Waals surface area contributed by atoms with Gasteiger partial charge in [-0.2, -0.15) is 0 Å². The smallest absolute Gasteiger partial charge is 0.356 e. The molecule has 0 aliphatic heterocycles. The van der Waals surface area contributed by atoms with E-state index in [4.69, 9.17) is 23.9 Å². The summed E-state index contributed by atoms with van der Waals surface area (Å²) in [5, 5.41) is 19.4. The number of aromatic nitrogens is 2. The van der Waals surface area contributed by atoms with Crippen molar-refractivity contribution in [3.8, 4) is 6.01 Å². The van der Waals surface area contributed by atoms with Crippen LogP contribution in [0.4, 0.5) is 0 Å². The second-order valence-electron chi connectivity index (χ2n) is 7.44. The Hall–Kier alpha value is -2.91. The van der Waals surface area contributed by atoms with Crippen LogP contribution >= 0.6 is 7.60 Å². The van der Waals surface area contributed by atoms with Gasteiger partial charge in [0.2, 0.25) is 0 Å². The van der Waals surface area contributed by atoms with Gasteiger partial charge in [-0.15, -0.1) is 0 Å². The van der Waals surface area contributed by atoms with Crippen molar-refractivity contribution in [3.63, 3.8) is 0 Å². The number of ether oxygens (including phenoxy) is 1. The first kappa shape index (κ1) is 28.3. The fourth-order valence-electron chi connectivity index (χ4n) is 2.89. The molecule has 9 nitrogen and oxygen atoms in total. The molecule has 0 aliphatic carbocycles. The molecule has 0 bridgehead atoms. The molecule has 11 heteroatoms. The van der Waals surface area contributed by atoms with Gasteiger partial charge in [-0.1, -0.05) is 67.6 Å². The van der Waals surface area contributed by atoms with Crippen LogP contribution in [0.25, 0.3) is 0 Å². The molecule has 1 atom stereocenters. The number of nitrogens with one attached hydrogen (secondary N) is 1. The van der Waals surface area contributed by atoms with E-state index in [1.54, 1.807) is 0 Å². The van der Waals surface area contributed by atoms with Gasteiger partial charge in [-0.25, -0.2) is 4.98 Å². The van der Waals surface area contributed by atoms with Crippen molar-refractivity contribution in [1.82, 2.24) is 9.55 Å². The van der Waals surface area contributed by atoms with Gasteiger partial charge in [-0.05, 0) is 23.6 Å². The third-order valence-electron chi connectivity index (χ3n) is 4.74. The minimum atomic E-state index is -3.60. The van der Waals surface area contributed by atoms with Crippen molar-refractivity contribution in [2.24, 2.45) is 0 Å². The molecule has 0 aliphatic rings. The molecule has 0 radical (unpaired) electrons. The van der Waals surface area contributed by atoms with Crippen molar-refractivity contribution < 1.29 is 28.2 Å². The second kappa shape index (κ2) is 15.2. The molecule has 0 saturated heterocycles. The van der Waals surface area contributed by atoms with E-state index in [1.807, 2.05) is 67.6 Å². The van der Waals surface area contributed by atoms with Crippen LogP contribution in [0.1, 0.15) is 24.5 Å². The van der Waals surface area contributed by atoms with E-state index in [0.29, 0.717) is 6.42 Å². The summed E-state index contributed by atoms with van der Waals surface area (Å²) >= 11 is 0. The second-order valence-corrected chi connectivity index (χ2v) is 9.43. The van der Waals surface area contributed by atoms with Crippen LogP contribution in [0.15, 0.2) is 72.9 Å². The Kier molecular flexibility index (Phi) is 12.3. The van der Waals surface area contributed by atoms with Crippen LogP contribution in [-0.4, -0.2) is 29.2 Å². The third kappa shape index (κ3) is 10.5. The zero-order valence-electron chi connectivity index (χ0n) is 19.9. The fraction of sp³-hybridized carbons (Fsp3) is 0.333. The molecule has 0 spiro atoms. The minimum absolute atomic E-state index is 0.0895. The molecule has 35 heavy (non-hydrogen) atoms. The molecule has 3 aromatic rings. The molecule has 186 valence electrons. The number of rotatable bonds is 12. The first-order valence-electron chi connectivity index (χ1n) is 11.2. The molecule has 1 aromatic heterocycles. The first-order chi connectivity index (χ1) is 16.9. The summed E-state index contributed by atoms with van der Waals surface area (Å²) in [6.45, 7) is 3.82. The van der Waals surface area contributed by atoms with Crippen LogP contribution in [0.5, 0.6) is 6.01 Å². The number of hydrogen-bond donors (Lipinski definition) is 1. The number of benzene rings is 2. The van der Waals surface area contributed by atoms with Crippen molar-refractivity contribution in [2.75, 3.05) is 6.35 Å². The zero-order chi connectivity index (χ0) is 25.5. The summed E-state index contributed by atoms with van der Waals surface area (Å²) in [6.07, 6.45) is 1.43. The predicted octanol–water partition coefficient (Wildman–Crippen LogP) is 3.90. The molecular weight excluding hydrogens is 468 g/mol. The van der Waals surface area contributed by atoms with Crippen molar-refractivity contribution in [1.29, 1.82) is 5.41 Å². The van der Waals surface area contributed by atoms with Gasteiger partial charge in [0.15, 0.2) is 0 Å². The van der Waals surface area contributed by atoms with E-state index >= 15 is 0 Å². The maximum atomic E-state index is 13.5. The molecule has 1 N–H and O–H groups in total. The summed E-state index contributed by atoms with van der Waals surface area (Å²) in [5.74, 6) is 0. The van der Waals surface area contributed by atoms with Gasteiger partial charge in [0.05, 0.1) is 25.3 Å². The van der Waals surface area contributed by atoms with Crippen LogP contribution in [0.2, 0.25) is 6.82 Å². The van der Waals surface area contributed by atoms with E-state index in [-0.39, 0.29) is 31.6 Å². The third-order valence-corrected chi connectivity index (χ3v) is 6.25. The fourth-order valence-corrected chi connectivity index (χ4v) is 4.20. The van der Waals surface area contributed by atoms with Crippen LogP contribution in [-0.2, 0) is 42.8 Å². The SMILES string of the molecule is CB=O.CC[C@H](Cn1ccc(=N)nc1[O-])OCP(=O)(OCc1ccccc1)OCc1ccccc1. The van der Waals surface area contributed by atoms with E-state index in [9.17, 15) is 9.67 Å². The molecule has 0 amide bonds. The first-order valence-corrected chi connectivity index (χ1v) is 12.9. The van der Waals surface area contributed by atoms with Gasteiger partial charge in [0, 0.05) is 12.7 Å². The molecule has 2 aromatic carbocycles. The predicted molar refractivity (Wildman–Crippen MR) is 130 cm³/mol. The van der Waals surface area contributed by atoms with Gasteiger partial charge in [0.1, 0.15) is 11.8 Å². The standard InChI is InChI=1S/C23H28N3O5P.CH3BO/c1-2-21(15-26-14-13-22(24)25-23(26)27)29-18-32(28,30-16-19-9-5-3-6-10-19)31-17-20-11-7-4-8-12-20;1-2-3/h3-14,21H,2,15-18H2,1H3,(H2,24,25,27);1H3/p-1/t21-;/m1./s1. The number of nitrogens with zero attached hydrogens (tertiary/aromatic N) is 2. The van der Waals surface area contributed by atoms with Gasteiger partial charge >= 0.3 is 26.3 Å². The molecule has 0 fully saturated rings. The molecule has 3 rings (SSSR count). The van der Waals surface area contributed by atoms with E-state index in [1.165, 1.54) is 23.7 Å². The van der Waals surface area contributed by atoms with Crippen molar-refractivity contribution in [3.05, 3.63) is 89.5 Å². The molecule has 0 unspecified atom stereocenters. The monoisotopic (exact) mass is 498 g/mol. The van der Waals surface area contributed by atoms with Gasteiger partial charge < -0.3 is 23.5 Å². The summed E-state index contributed by atoms with van der Waals surface area (Å²) < 4.78 is 41.0. The van der Waals surface area contributed by atoms with Gasteiger partial charge in [-0.3, -0.25) is 9.97 Å². The summed E-state index contributed by atoms with van der Waals surface area (Å²) in [7, 11) is -2.85. The topological polar surface area (TPSA) is 127 Å². The van der Waals surface area contributed by atoms with Crippen molar-refractivity contribution >= 4 is 14.7 Å². The van der Waals surface area contributed by atoms with Crippen LogP contribution in [0, 0.1) is 5.41 Å². The Balaban J connectivity index is 0.00000137. The molecular formula is C24H30BN3O6P-. The van der Waals surface area contributed by atoms with E-state index < -0.39 is 19.7 Å². The summed E-state index contributed by atoms with van der Waals surface area (Å²) in [5.41, 5.74) is 1.65. The normalized spacial score (nSPS) is 11.7. The largest absolute Gasteiger partial charge is 0.846 e. The number of hydrogen-bond acceptors (Lipinski definition) is 8. The average molecular weight is 498 g/mol. The Labute approximate surface area is 206 Å². The Morgan fingerprint density at radius 1 is 1.03 bits per heavy atom. The van der Waals surface area contributed by atoms with Crippen LogP contribution < -0.4 is 10.6 Å². The average Bonchev–Trinajstić information content (AvgIpc) is 2.87. The Morgan fingerprint density at radius 3 is 2.00 bits per heavy atom. The maximum Gasteiger partial charge on any atom is 0.356 e. The van der Waals surface area contributed by atoms with Crippen molar-refractivity contribution in [2.45, 2.75) is 46.0 Å². The zero-order valence-corrected chi connectivity index (χ0v) is 20.8. The molecule has 0 saturated carbocycles. The van der Waals surface area contributed by atoms with E-state index in [0.717, 1.165) is 18.3 Å². The molecule has 1 heterocycles. The van der Waals surface area contributed by atoms with E-state index in [2.05, 4.69) is 4.98 Å². The quantitative estimate of drug-likeness (QED) is 0.297. The Bertz CT molecular complexity index is 1080. The Morgan fingerprint density at radius 2 is 1.54 bits per heavy atom. The summed E-state index contributed by atoms with van der Waals surface area (Å²) in [4.78, 5) is 3.61. The minimum Gasteiger partial charge on any atom is -0.846 e. The van der Waals surface area contributed by atoms with Gasteiger partial charge in [0.25, 0.3) is 0 Å². The maximum absolute atomic E-state index is 13.5. The van der Waals surface area contributed by atoms with Crippen LogP contribution in [0.3, 0.4) is 0 Å².